The number of nitrogens with zero attached hydrogens (tertiary/aromatic N) is 2. The maximum absolute atomic E-state index is 11.1. The van der Waals surface area contributed by atoms with Gasteiger partial charge in [-0.05, 0) is 18.4 Å². The number of rotatable bonds is 4. The van der Waals surface area contributed by atoms with E-state index < -0.39 is 5.97 Å². The van der Waals surface area contributed by atoms with Gasteiger partial charge in [-0.2, -0.15) is 0 Å². The predicted molar refractivity (Wildman–Crippen MR) is 77.4 cm³/mol. The number of benzene rings is 1. The van der Waals surface area contributed by atoms with Crippen molar-refractivity contribution >= 4 is 5.97 Å². The third-order valence-electron chi connectivity index (χ3n) is 4.68. The molecule has 1 saturated heterocycles. The van der Waals surface area contributed by atoms with Crippen LogP contribution < -0.4 is 0 Å². The Morgan fingerprint density at radius 2 is 1.80 bits per heavy atom. The molecule has 0 aromatic heterocycles. The van der Waals surface area contributed by atoms with Gasteiger partial charge in [0.1, 0.15) is 0 Å². The smallest absolute Gasteiger partial charge is 0.308 e. The highest BCUT2D eigenvalue weighted by atomic mass is 16.4. The van der Waals surface area contributed by atoms with Crippen LogP contribution in [-0.2, 0) is 11.3 Å². The fourth-order valence-electron chi connectivity index (χ4n) is 3.30. The first-order valence-electron chi connectivity index (χ1n) is 7.47. The zero-order valence-corrected chi connectivity index (χ0v) is 11.7. The molecule has 0 spiro atoms. The molecule has 0 radical (unpaired) electrons. The topological polar surface area (TPSA) is 43.8 Å². The average Bonchev–Trinajstić information content (AvgIpc) is 2.40. The maximum Gasteiger partial charge on any atom is 0.308 e. The number of piperazine rings is 1. The third-order valence-corrected chi connectivity index (χ3v) is 4.68. The van der Waals surface area contributed by atoms with E-state index in [9.17, 15) is 4.79 Å². The summed E-state index contributed by atoms with van der Waals surface area (Å²) in [7, 11) is 0. The van der Waals surface area contributed by atoms with Gasteiger partial charge in [-0.25, -0.2) is 0 Å². The van der Waals surface area contributed by atoms with E-state index in [4.69, 9.17) is 5.11 Å². The highest BCUT2D eigenvalue weighted by molar-refractivity contribution is 5.72. The van der Waals surface area contributed by atoms with E-state index in [1.54, 1.807) is 0 Å². The molecule has 2 aliphatic rings. The summed E-state index contributed by atoms with van der Waals surface area (Å²) in [6.45, 7) is 5.08. The van der Waals surface area contributed by atoms with Crippen LogP contribution in [-0.4, -0.2) is 53.1 Å². The standard InChI is InChI=1S/C16H22N2O2/c19-16(20)14-6-7-15(14)18-10-8-17(9-11-18)12-13-4-2-1-3-5-13/h1-5,14-15H,6-12H2,(H,19,20). The van der Waals surface area contributed by atoms with Crippen molar-refractivity contribution < 1.29 is 9.90 Å². The second-order valence-electron chi connectivity index (χ2n) is 5.89. The first-order valence-corrected chi connectivity index (χ1v) is 7.47. The van der Waals surface area contributed by atoms with Gasteiger partial charge in [0.2, 0.25) is 0 Å². The molecule has 4 heteroatoms. The molecule has 4 nitrogen and oxygen atoms in total. The minimum absolute atomic E-state index is 0.129. The Hall–Kier alpha value is -1.39. The second-order valence-corrected chi connectivity index (χ2v) is 5.89. The van der Waals surface area contributed by atoms with Gasteiger partial charge in [0.05, 0.1) is 5.92 Å². The molecule has 0 amide bonds. The number of carbonyl (C=O) groups is 1. The molecular weight excluding hydrogens is 252 g/mol. The molecule has 1 aliphatic carbocycles. The Kier molecular flexibility index (Phi) is 4.03. The van der Waals surface area contributed by atoms with Crippen molar-refractivity contribution in [3.63, 3.8) is 0 Å². The molecule has 3 rings (SSSR count). The Bertz CT molecular complexity index is 455. The van der Waals surface area contributed by atoms with E-state index in [0.29, 0.717) is 0 Å². The summed E-state index contributed by atoms with van der Waals surface area (Å²) in [6, 6.07) is 10.8. The van der Waals surface area contributed by atoms with E-state index in [-0.39, 0.29) is 12.0 Å². The van der Waals surface area contributed by atoms with Gasteiger partial charge in [-0.3, -0.25) is 14.6 Å². The predicted octanol–water partition coefficient (Wildman–Crippen LogP) is 1.67. The quantitative estimate of drug-likeness (QED) is 0.907. The maximum atomic E-state index is 11.1. The SMILES string of the molecule is O=C(O)C1CCC1N1CCN(Cc2ccccc2)CC1. The number of carboxylic acid groups (broad SMARTS) is 1. The molecule has 2 fully saturated rings. The van der Waals surface area contributed by atoms with Crippen LogP contribution in [0.1, 0.15) is 18.4 Å². The molecule has 1 aromatic rings. The molecule has 0 bridgehead atoms. The van der Waals surface area contributed by atoms with Gasteiger partial charge >= 0.3 is 5.97 Å². The van der Waals surface area contributed by atoms with Crippen molar-refractivity contribution in [1.82, 2.24) is 9.80 Å². The molecule has 1 heterocycles. The Morgan fingerprint density at radius 1 is 1.10 bits per heavy atom. The summed E-state index contributed by atoms with van der Waals surface area (Å²) in [4.78, 5) is 15.9. The van der Waals surface area contributed by atoms with E-state index in [1.165, 1.54) is 5.56 Å². The molecule has 1 saturated carbocycles. The van der Waals surface area contributed by atoms with Gasteiger partial charge in [0.15, 0.2) is 0 Å². The van der Waals surface area contributed by atoms with Crippen molar-refractivity contribution in [3.05, 3.63) is 35.9 Å². The van der Waals surface area contributed by atoms with Gasteiger partial charge in [-0.1, -0.05) is 30.3 Å². The molecule has 1 N–H and O–H groups in total. The Balaban J connectivity index is 1.49. The van der Waals surface area contributed by atoms with Crippen LogP contribution in [0.2, 0.25) is 0 Å². The van der Waals surface area contributed by atoms with Gasteiger partial charge in [0.25, 0.3) is 0 Å². The largest absolute Gasteiger partial charge is 0.481 e. The molecule has 1 aromatic carbocycles. The van der Waals surface area contributed by atoms with Crippen LogP contribution in [0, 0.1) is 5.92 Å². The number of hydrogen-bond acceptors (Lipinski definition) is 3. The zero-order valence-electron chi connectivity index (χ0n) is 11.7. The van der Waals surface area contributed by atoms with Gasteiger partial charge in [-0.15, -0.1) is 0 Å². The monoisotopic (exact) mass is 274 g/mol. The summed E-state index contributed by atoms with van der Waals surface area (Å²) in [5.41, 5.74) is 1.35. The van der Waals surface area contributed by atoms with Crippen LogP contribution >= 0.6 is 0 Å². The Morgan fingerprint density at radius 3 is 2.35 bits per heavy atom. The van der Waals surface area contributed by atoms with Crippen LogP contribution in [0.3, 0.4) is 0 Å². The highest BCUT2D eigenvalue weighted by Gasteiger charge is 2.40. The third kappa shape index (κ3) is 2.86. The van der Waals surface area contributed by atoms with Crippen molar-refractivity contribution in [1.29, 1.82) is 0 Å². The fourth-order valence-corrected chi connectivity index (χ4v) is 3.30. The highest BCUT2D eigenvalue weighted by Crippen LogP contribution is 2.32. The lowest BCUT2D eigenvalue weighted by molar-refractivity contribution is -0.149. The number of aliphatic carboxylic acids is 1. The molecular formula is C16H22N2O2. The summed E-state index contributed by atoms with van der Waals surface area (Å²) in [6.07, 6.45) is 1.90. The lowest BCUT2D eigenvalue weighted by Gasteiger charge is -2.46. The number of hydrogen-bond donors (Lipinski definition) is 1. The molecule has 1 aliphatic heterocycles. The van der Waals surface area contributed by atoms with Crippen LogP contribution in [0.4, 0.5) is 0 Å². The first kappa shape index (κ1) is 13.6. The summed E-state index contributed by atoms with van der Waals surface area (Å²) in [5, 5.41) is 9.14. The minimum atomic E-state index is -0.618. The van der Waals surface area contributed by atoms with Crippen molar-refractivity contribution in [2.45, 2.75) is 25.4 Å². The number of carboxylic acids is 1. The van der Waals surface area contributed by atoms with E-state index in [2.05, 4.69) is 34.1 Å². The Labute approximate surface area is 120 Å². The van der Waals surface area contributed by atoms with Crippen LogP contribution in [0.5, 0.6) is 0 Å². The van der Waals surface area contributed by atoms with Crippen molar-refractivity contribution in [2.24, 2.45) is 5.92 Å². The summed E-state index contributed by atoms with van der Waals surface area (Å²) in [5.74, 6) is -0.747. The van der Waals surface area contributed by atoms with E-state index in [0.717, 1.165) is 45.6 Å². The second kappa shape index (κ2) is 5.94. The summed E-state index contributed by atoms with van der Waals surface area (Å²) >= 11 is 0. The van der Waals surface area contributed by atoms with Crippen LogP contribution in [0.25, 0.3) is 0 Å². The summed E-state index contributed by atoms with van der Waals surface area (Å²) < 4.78 is 0. The lowest BCUT2D eigenvalue weighted by atomic mass is 9.78. The van der Waals surface area contributed by atoms with E-state index in [1.807, 2.05) is 6.07 Å². The molecule has 2 unspecified atom stereocenters. The fraction of sp³-hybridized carbons (Fsp3) is 0.562. The van der Waals surface area contributed by atoms with Crippen molar-refractivity contribution in [3.8, 4) is 0 Å². The van der Waals surface area contributed by atoms with Crippen LogP contribution in [0.15, 0.2) is 30.3 Å². The zero-order chi connectivity index (χ0) is 13.9. The molecule has 2 atom stereocenters. The van der Waals surface area contributed by atoms with E-state index >= 15 is 0 Å². The molecule has 108 valence electrons. The van der Waals surface area contributed by atoms with Crippen molar-refractivity contribution in [2.75, 3.05) is 26.2 Å². The molecule has 20 heavy (non-hydrogen) atoms. The first-order chi connectivity index (χ1) is 9.74. The van der Waals surface area contributed by atoms with Gasteiger partial charge in [0, 0.05) is 38.8 Å². The van der Waals surface area contributed by atoms with Gasteiger partial charge < -0.3 is 5.11 Å². The minimum Gasteiger partial charge on any atom is -0.481 e. The normalized spacial score (nSPS) is 28.0. The lowest BCUT2D eigenvalue weighted by Crippen LogP contribution is -2.56. The average molecular weight is 274 g/mol.